The van der Waals surface area contributed by atoms with Crippen LogP contribution in [0.1, 0.15) is 20.3 Å². The van der Waals surface area contributed by atoms with Crippen LogP contribution in [-0.4, -0.2) is 46.6 Å². The second kappa shape index (κ2) is 7.66. The monoisotopic (exact) mass is 332 g/mol. The average molecular weight is 332 g/mol. The predicted molar refractivity (Wildman–Crippen MR) is 97.1 cm³/mol. The summed E-state index contributed by atoms with van der Waals surface area (Å²) in [6.07, 6.45) is 0.911. The van der Waals surface area contributed by atoms with Crippen molar-refractivity contribution < 1.29 is 4.79 Å². The molecule has 0 spiro atoms. The summed E-state index contributed by atoms with van der Waals surface area (Å²) in [6.45, 7) is 5.12. The van der Waals surface area contributed by atoms with Gasteiger partial charge in [0, 0.05) is 19.6 Å². The molecular formula is C18H28N4O2. The molecule has 0 bridgehead atoms. The molecule has 1 N–H and O–H groups in total. The average Bonchev–Trinajstić information content (AvgIpc) is 2.71. The van der Waals surface area contributed by atoms with Crippen molar-refractivity contribution in [3.05, 3.63) is 34.7 Å². The first-order chi connectivity index (χ1) is 11.3. The highest BCUT2D eigenvalue weighted by Gasteiger charge is 2.17. The first-order valence-electron chi connectivity index (χ1n) is 8.38. The van der Waals surface area contributed by atoms with Gasteiger partial charge in [-0.1, -0.05) is 26.0 Å². The molecule has 1 heterocycles. The molecule has 0 saturated carbocycles. The Labute approximate surface area is 143 Å². The van der Waals surface area contributed by atoms with Crippen LogP contribution in [0.15, 0.2) is 29.1 Å². The van der Waals surface area contributed by atoms with Crippen molar-refractivity contribution in [1.82, 2.24) is 19.4 Å². The lowest BCUT2D eigenvalue weighted by atomic mass is 10.0. The number of rotatable bonds is 7. The van der Waals surface area contributed by atoms with Crippen LogP contribution in [0.4, 0.5) is 0 Å². The van der Waals surface area contributed by atoms with E-state index in [1.807, 2.05) is 38.4 Å². The molecule has 0 aliphatic rings. The summed E-state index contributed by atoms with van der Waals surface area (Å²) in [7, 11) is 5.72. The van der Waals surface area contributed by atoms with Gasteiger partial charge in [0.1, 0.15) is 6.54 Å². The number of para-hydroxylation sites is 2. The molecule has 6 nitrogen and oxygen atoms in total. The van der Waals surface area contributed by atoms with Crippen LogP contribution < -0.4 is 11.0 Å². The van der Waals surface area contributed by atoms with Crippen molar-refractivity contribution in [1.29, 1.82) is 0 Å². The highest BCUT2D eigenvalue weighted by molar-refractivity contribution is 5.81. The summed E-state index contributed by atoms with van der Waals surface area (Å²) in [4.78, 5) is 27.0. The minimum absolute atomic E-state index is 0.0439. The lowest BCUT2D eigenvalue weighted by Crippen LogP contribution is -2.44. The molecule has 1 unspecified atom stereocenters. The third kappa shape index (κ3) is 4.26. The fourth-order valence-electron chi connectivity index (χ4n) is 3.12. The summed E-state index contributed by atoms with van der Waals surface area (Å²) in [5, 5.41) is 3.08. The Kier molecular flexibility index (Phi) is 5.83. The second-order valence-electron chi connectivity index (χ2n) is 7.07. The van der Waals surface area contributed by atoms with Crippen molar-refractivity contribution >= 4 is 16.9 Å². The van der Waals surface area contributed by atoms with Gasteiger partial charge in [-0.05, 0) is 38.6 Å². The third-order valence-electron chi connectivity index (χ3n) is 4.06. The number of aromatic nitrogens is 2. The minimum atomic E-state index is -0.167. The topological polar surface area (TPSA) is 59.3 Å². The smallest absolute Gasteiger partial charge is 0.329 e. The molecular weight excluding hydrogens is 304 g/mol. The van der Waals surface area contributed by atoms with E-state index in [2.05, 4.69) is 24.1 Å². The number of likely N-dealkylation sites (N-methyl/N-ethyl adjacent to an activating group) is 1. The van der Waals surface area contributed by atoms with Crippen molar-refractivity contribution in [2.45, 2.75) is 32.9 Å². The van der Waals surface area contributed by atoms with Gasteiger partial charge in [0.2, 0.25) is 5.91 Å². The fraction of sp³-hybridized carbons (Fsp3) is 0.556. The van der Waals surface area contributed by atoms with Gasteiger partial charge in [-0.25, -0.2) is 4.79 Å². The number of benzene rings is 1. The van der Waals surface area contributed by atoms with Gasteiger partial charge in [-0.2, -0.15) is 0 Å². The minimum Gasteiger partial charge on any atom is -0.351 e. The van der Waals surface area contributed by atoms with Gasteiger partial charge in [0.25, 0.3) is 0 Å². The van der Waals surface area contributed by atoms with Crippen molar-refractivity contribution in [3.8, 4) is 0 Å². The van der Waals surface area contributed by atoms with E-state index in [-0.39, 0.29) is 24.2 Å². The van der Waals surface area contributed by atoms with Gasteiger partial charge in [-0.15, -0.1) is 0 Å². The van der Waals surface area contributed by atoms with Crippen LogP contribution in [0.3, 0.4) is 0 Å². The van der Waals surface area contributed by atoms with Gasteiger partial charge in [0.15, 0.2) is 0 Å². The highest BCUT2D eigenvalue weighted by atomic mass is 16.2. The van der Waals surface area contributed by atoms with Crippen LogP contribution in [-0.2, 0) is 18.4 Å². The Bertz CT molecular complexity index is 748. The van der Waals surface area contributed by atoms with Crippen LogP contribution in [0.25, 0.3) is 11.0 Å². The van der Waals surface area contributed by atoms with E-state index < -0.39 is 0 Å². The van der Waals surface area contributed by atoms with Crippen molar-refractivity contribution in [2.24, 2.45) is 13.0 Å². The molecule has 0 aliphatic carbocycles. The SMILES string of the molecule is CC(C)CC(CN(C)C)NC(=O)Cn1c(=O)n(C)c2ccccc21. The van der Waals surface area contributed by atoms with E-state index in [1.165, 1.54) is 4.57 Å². The Hall–Kier alpha value is -2.08. The fourth-order valence-corrected chi connectivity index (χ4v) is 3.12. The quantitative estimate of drug-likeness (QED) is 0.834. The number of carbonyl (C=O) groups is 1. The molecule has 2 rings (SSSR count). The van der Waals surface area contributed by atoms with Gasteiger partial charge in [-0.3, -0.25) is 13.9 Å². The van der Waals surface area contributed by atoms with Gasteiger partial charge < -0.3 is 10.2 Å². The molecule has 1 atom stereocenters. The summed E-state index contributed by atoms with van der Waals surface area (Å²) in [6, 6.07) is 7.61. The number of amides is 1. The number of hydrogen-bond donors (Lipinski definition) is 1. The summed E-state index contributed by atoms with van der Waals surface area (Å²) in [5.74, 6) is 0.372. The van der Waals surface area contributed by atoms with E-state index in [1.54, 1.807) is 11.6 Å². The maximum absolute atomic E-state index is 12.5. The van der Waals surface area contributed by atoms with E-state index in [4.69, 9.17) is 0 Å². The Morgan fingerprint density at radius 2 is 1.83 bits per heavy atom. The first kappa shape index (κ1) is 18.3. The zero-order chi connectivity index (χ0) is 17.9. The van der Waals surface area contributed by atoms with E-state index in [0.29, 0.717) is 5.92 Å². The zero-order valence-electron chi connectivity index (χ0n) is 15.2. The van der Waals surface area contributed by atoms with E-state index in [9.17, 15) is 9.59 Å². The number of nitrogens with one attached hydrogen (secondary N) is 1. The summed E-state index contributed by atoms with van der Waals surface area (Å²) >= 11 is 0. The van der Waals surface area contributed by atoms with Gasteiger partial charge in [0.05, 0.1) is 11.0 Å². The molecule has 6 heteroatoms. The lowest BCUT2D eigenvalue weighted by molar-refractivity contribution is -0.122. The van der Waals surface area contributed by atoms with Crippen LogP contribution in [0, 0.1) is 5.92 Å². The molecule has 1 amide bonds. The first-order valence-corrected chi connectivity index (χ1v) is 8.38. The predicted octanol–water partition coefficient (Wildman–Crippen LogP) is 1.43. The van der Waals surface area contributed by atoms with Crippen LogP contribution >= 0.6 is 0 Å². The Morgan fingerprint density at radius 1 is 1.21 bits per heavy atom. The number of carbonyl (C=O) groups excluding carboxylic acids is 1. The molecule has 0 aliphatic heterocycles. The summed E-state index contributed by atoms with van der Waals surface area (Å²) in [5.41, 5.74) is 1.45. The molecule has 1 aromatic carbocycles. The maximum Gasteiger partial charge on any atom is 0.329 e. The number of hydrogen-bond acceptors (Lipinski definition) is 3. The van der Waals surface area contributed by atoms with Gasteiger partial charge >= 0.3 is 5.69 Å². The number of fused-ring (bicyclic) bond motifs is 1. The zero-order valence-corrected chi connectivity index (χ0v) is 15.2. The highest BCUT2D eigenvalue weighted by Crippen LogP contribution is 2.11. The van der Waals surface area contributed by atoms with Crippen LogP contribution in [0.5, 0.6) is 0 Å². The maximum atomic E-state index is 12.5. The Balaban J connectivity index is 2.17. The van der Waals surface area contributed by atoms with Crippen molar-refractivity contribution in [3.63, 3.8) is 0 Å². The van der Waals surface area contributed by atoms with Crippen molar-refractivity contribution in [2.75, 3.05) is 20.6 Å². The number of nitrogens with zero attached hydrogens (tertiary/aromatic N) is 3. The molecule has 1 aromatic heterocycles. The molecule has 0 saturated heterocycles. The van der Waals surface area contributed by atoms with Crippen LogP contribution in [0.2, 0.25) is 0 Å². The lowest BCUT2D eigenvalue weighted by Gasteiger charge is -2.24. The Morgan fingerprint density at radius 3 is 2.42 bits per heavy atom. The molecule has 0 fully saturated rings. The van der Waals surface area contributed by atoms with E-state index in [0.717, 1.165) is 24.0 Å². The largest absolute Gasteiger partial charge is 0.351 e. The number of aryl methyl sites for hydroxylation is 1. The second-order valence-corrected chi connectivity index (χ2v) is 7.07. The number of imidazole rings is 1. The normalized spacial score (nSPS) is 13.0. The molecule has 132 valence electrons. The molecule has 24 heavy (non-hydrogen) atoms. The van der Waals surface area contributed by atoms with E-state index >= 15 is 0 Å². The standard InChI is InChI=1S/C18H28N4O2/c1-13(2)10-14(11-20(3)4)19-17(23)12-22-16-9-7-6-8-15(16)21(5)18(22)24/h6-9,13-14H,10-12H2,1-5H3,(H,19,23). The molecule has 2 aromatic rings. The molecule has 0 radical (unpaired) electrons. The third-order valence-corrected chi connectivity index (χ3v) is 4.06. The summed E-state index contributed by atoms with van der Waals surface area (Å²) < 4.78 is 3.11.